The van der Waals surface area contributed by atoms with Gasteiger partial charge in [0.05, 0.1) is 28.8 Å². The summed E-state index contributed by atoms with van der Waals surface area (Å²) in [6.07, 6.45) is 0.558. The number of amides is 7. The van der Waals surface area contributed by atoms with E-state index in [1.54, 1.807) is 52.3 Å². The van der Waals surface area contributed by atoms with Crippen LogP contribution in [-0.2, 0) is 19.2 Å². The summed E-state index contributed by atoms with van der Waals surface area (Å²) in [5, 5.41) is 9.31. The Labute approximate surface area is 331 Å². The standard InChI is InChI=1S/C38H37Cl3N6O8/c1-55-30-20-27(41)24(23-18-21(39)6-7-26(23)40)19-25(30)36(52)46-16-14-45(15-17-46)33(50)11-10-31(48)43-13-3-12-42-28-5-2-4-22-34(28)38(54)47(37(22)53)29-8-9-32(49)44-35(29)51/h2,4-7,18-20,29,42H,3,8-17H2,1H3,(H,43,48)(H,44,49,51). The predicted octanol–water partition coefficient (Wildman–Crippen LogP) is 4.41. The molecule has 17 heteroatoms. The summed E-state index contributed by atoms with van der Waals surface area (Å²) in [6.45, 7) is 1.80. The highest BCUT2D eigenvalue weighted by Gasteiger charge is 2.45. The van der Waals surface area contributed by atoms with Crippen molar-refractivity contribution >= 4 is 81.8 Å². The number of rotatable bonds is 12. The fraction of sp³-hybridized carbons (Fsp3) is 0.342. The second-order valence-corrected chi connectivity index (χ2v) is 14.4. The number of fused-ring (bicyclic) bond motifs is 1. The molecule has 2 fully saturated rings. The van der Waals surface area contributed by atoms with Crippen LogP contribution in [0.1, 0.15) is 63.2 Å². The Hall–Kier alpha value is -5.18. The average Bonchev–Trinajstić information content (AvgIpc) is 3.43. The molecule has 6 rings (SSSR count). The number of anilines is 1. The molecule has 2 saturated heterocycles. The molecule has 0 spiro atoms. The van der Waals surface area contributed by atoms with E-state index in [1.807, 2.05) is 0 Å². The van der Waals surface area contributed by atoms with E-state index in [0.717, 1.165) is 4.90 Å². The largest absolute Gasteiger partial charge is 0.496 e. The van der Waals surface area contributed by atoms with Gasteiger partial charge in [-0.05, 0) is 49.2 Å². The number of benzene rings is 3. The Bertz CT molecular complexity index is 2090. The zero-order valence-corrected chi connectivity index (χ0v) is 32.0. The SMILES string of the molecule is COc1cc(Cl)c(-c2cc(Cl)ccc2Cl)cc1C(=O)N1CCN(C(=O)CCC(=O)NCCCNc2cccc3c2C(=O)N(C2CCC(=O)NC2=O)C3=O)CC1. The molecule has 3 aliphatic rings. The van der Waals surface area contributed by atoms with Gasteiger partial charge in [0.1, 0.15) is 11.8 Å². The first-order valence-corrected chi connectivity index (χ1v) is 18.8. The van der Waals surface area contributed by atoms with Crippen LogP contribution in [0.25, 0.3) is 11.1 Å². The Morgan fingerprint density at radius 3 is 2.29 bits per heavy atom. The van der Waals surface area contributed by atoms with Crippen molar-refractivity contribution in [2.24, 2.45) is 0 Å². The van der Waals surface area contributed by atoms with Crippen LogP contribution in [0.2, 0.25) is 15.1 Å². The first kappa shape index (κ1) is 39.5. The van der Waals surface area contributed by atoms with E-state index >= 15 is 0 Å². The molecule has 0 aromatic heterocycles. The zero-order chi connectivity index (χ0) is 39.4. The minimum Gasteiger partial charge on any atom is -0.496 e. The lowest BCUT2D eigenvalue weighted by atomic mass is 10.0. The highest BCUT2D eigenvalue weighted by molar-refractivity contribution is 6.38. The van der Waals surface area contributed by atoms with Crippen molar-refractivity contribution in [2.45, 2.75) is 38.1 Å². The number of piperazine rings is 1. The van der Waals surface area contributed by atoms with E-state index in [1.165, 1.54) is 13.2 Å². The normalized spacial score (nSPS) is 16.9. The second kappa shape index (κ2) is 17.1. The maximum Gasteiger partial charge on any atom is 0.264 e. The molecule has 0 radical (unpaired) electrons. The lowest BCUT2D eigenvalue weighted by molar-refractivity contribution is -0.136. The van der Waals surface area contributed by atoms with Crippen molar-refractivity contribution in [2.75, 3.05) is 51.7 Å². The average molecular weight is 812 g/mol. The minimum atomic E-state index is -1.06. The number of halogens is 3. The number of carbonyl (C=O) groups excluding carboxylic acids is 7. The molecule has 288 valence electrons. The first-order valence-electron chi connectivity index (χ1n) is 17.6. The molecule has 7 amide bonds. The predicted molar refractivity (Wildman–Crippen MR) is 204 cm³/mol. The first-order chi connectivity index (χ1) is 26.4. The number of ether oxygens (including phenoxy) is 1. The van der Waals surface area contributed by atoms with Gasteiger partial charge in [-0.25, -0.2) is 0 Å². The van der Waals surface area contributed by atoms with Crippen LogP contribution in [0, 0.1) is 0 Å². The molecular formula is C38H37Cl3N6O8. The number of hydrogen-bond acceptors (Lipinski definition) is 9. The molecule has 3 aliphatic heterocycles. The van der Waals surface area contributed by atoms with Gasteiger partial charge in [0.25, 0.3) is 17.7 Å². The lowest BCUT2D eigenvalue weighted by Crippen LogP contribution is -2.54. The molecule has 1 atom stereocenters. The summed E-state index contributed by atoms with van der Waals surface area (Å²) in [4.78, 5) is 93.6. The number of imide groups is 2. The summed E-state index contributed by atoms with van der Waals surface area (Å²) < 4.78 is 5.47. The molecule has 1 unspecified atom stereocenters. The van der Waals surface area contributed by atoms with Crippen molar-refractivity contribution in [3.63, 3.8) is 0 Å². The van der Waals surface area contributed by atoms with Gasteiger partial charge < -0.3 is 25.2 Å². The Morgan fingerprint density at radius 2 is 1.56 bits per heavy atom. The van der Waals surface area contributed by atoms with Crippen LogP contribution >= 0.6 is 34.8 Å². The summed E-state index contributed by atoms with van der Waals surface area (Å²) in [5.74, 6) is -2.82. The van der Waals surface area contributed by atoms with E-state index in [9.17, 15) is 33.6 Å². The number of carbonyl (C=O) groups is 7. The molecule has 14 nitrogen and oxygen atoms in total. The third kappa shape index (κ3) is 8.56. The molecule has 3 aromatic carbocycles. The second-order valence-electron chi connectivity index (χ2n) is 13.1. The van der Waals surface area contributed by atoms with E-state index in [0.29, 0.717) is 70.2 Å². The molecule has 0 bridgehead atoms. The highest BCUT2D eigenvalue weighted by Crippen LogP contribution is 2.39. The fourth-order valence-electron chi connectivity index (χ4n) is 6.80. The molecule has 3 heterocycles. The summed E-state index contributed by atoms with van der Waals surface area (Å²) in [7, 11) is 1.45. The smallest absolute Gasteiger partial charge is 0.264 e. The van der Waals surface area contributed by atoms with Gasteiger partial charge in [-0.15, -0.1) is 0 Å². The van der Waals surface area contributed by atoms with Gasteiger partial charge in [0.15, 0.2) is 0 Å². The molecule has 3 aromatic rings. The van der Waals surface area contributed by atoms with Crippen molar-refractivity contribution < 1.29 is 38.3 Å². The molecule has 0 aliphatic carbocycles. The monoisotopic (exact) mass is 810 g/mol. The van der Waals surface area contributed by atoms with Crippen LogP contribution in [0.5, 0.6) is 5.75 Å². The number of nitrogens with zero attached hydrogens (tertiary/aromatic N) is 3. The number of hydrogen-bond donors (Lipinski definition) is 3. The van der Waals surface area contributed by atoms with Crippen LogP contribution in [-0.4, -0.2) is 108 Å². The van der Waals surface area contributed by atoms with Gasteiger partial charge in [-0.3, -0.25) is 43.8 Å². The molecule has 55 heavy (non-hydrogen) atoms. The number of methoxy groups -OCH3 is 1. The van der Waals surface area contributed by atoms with E-state index in [-0.39, 0.29) is 73.2 Å². The van der Waals surface area contributed by atoms with Crippen molar-refractivity contribution in [3.8, 4) is 16.9 Å². The zero-order valence-electron chi connectivity index (χ0n) is 29.7. The number of piperidine rings is 1. The maximum atomic E-state index is 13.6. The highest BCUT2D eigenvalue weighted by atomic mass is 35.5. The van der Waals surface area contributed by atoms with Gasteiger partial charge in [0.2, 0.25) is 23.6 Å². The van der Waals surface area contributed by atoms with Crippen LogP contribution < -0.4 is 20.7 Å². The summed E-state index contributed by atoms with van der Waals surface area (Å²) >= 11 is 19.1. The third-order valence-electron chi connectivity index (χ3n) is 9.68. The van der Waals surface area contributed by atoms with Crippen molar-refractivity contribution in [1.29, 1.82) is 0 Å². The Kier molecular flexibility index (Phi) is 12.3. The number of nitrogens with one attached hydrogen (secondary N) is 3. The molecule has 0 saturated carbocycles. The van der Waals surface area contributed by atoms with Gasteiger partial charge >= 0.3 is 0 Å². The van der Waals surface area contributed by atoms with Crippen molar-refractivity contribution in [3.05, 3.63) is 80.3 Å². The summed E-state index contributed by atoms with van der Waals surface area (Å²) in [6, 6.07) is 11.9. The van der Waals surface area contributed by atoms with Gasteiger partial charge in [-0.1, -0.05) is 40.9 Å². The maximum absolute atomic E-state index is 13.6. The van der Waals surface area contributed by atoms with E-state index in [2.05, 4.69) is 16.0 Å². The van der Waals surface area contributed by atoms with Gasteiger partial charge in [0, 0.05) is 91.5 Å². The minimum absolute atomic E-state index is 0.00274. The van der Waals surface area contributed by atoms with Crippen LogP contribution in [0.4, 0.5) is 5.69 Å². The molecular weight excluding hydrogens is 775 g/mol. The third-order valence-corrected chi connectivity index (χ3v) is 10.6. The quantitative estimate of drug-likeness (QED) is 0.177. The Morgan fingerprint density at radius 1 is 0.836 bits per heavy atom. The van der Waals surface area contributed by atoms with Gasteiger partial charge in [-0.2, -0.15) is 0 Å². The fourth-order valence-corrected chi connectivity index (χ4v) is 7.45. The van der Waals surface area contributed by atoms with E-state index < -0.39 is 29.7 Å². The van der Waals surface area contributed by atoms with Crippen LogP contribution in [0.3, 0.4) is 0 Å². The molecule has 3 N–H and O–H groups in total. The van der Waals surface area contributed by atoms with E-state index in [4.69, 9.17) is 39.5 Å². The topological polar surface area (TPSA) is 175 Å². The van der Waals surface area contributed by atoms with Crippen LogP contribution in [0.15, 0.2) is 48.5 Å². The lowest BCUT2D eigenvalue weighted by Gasteiger charge is -2.35. The Balaban J connectivity index is 0.935. The van der Waals surface area contributed by atoms with Crippen molar-refractivity contribution in [1.82, 2.24) is 25.3 Å². The summed E-state index contributed by atoms with van der Waals surface area (Å²) in [5.41, 5.74) is 2.13.